The second-order valence-electron chi connectivity index (χ2n) is 8.95. The van der Waals surface area contributed by atoms with E-state index in [0.717, 1.165) is 38.5 Å². The molecule has 0 amide bonds. The topological polar surface area (TPSA) is 53.8 Å². The van der Waals surface area contributed by atoms with Gasteiger partial charge < -0.3 is 15.3 Å². The molecule has 0 radical (unpaired) electrons. The van der Waals surface area contributed by atoms with Gasteiger partial charge in [0.2, 0.25) is 0 Å². The minimum atomic E-state index is 0.0983. The first-order valence-electron chi connectivity index (χ1n) is 10.8. The number of hydrogen-bond acceptors (Lipinski definition) is 4. The third-order valence-electron chi connectivity index (χ3n) is 6.66. The highest BCUT2D eigenvalue weighted by molar-refractivity contribution is 5.85. The van der Waals surface area contributed by atoms with Gasteiger partial charge in [0.1, 0.15) is 12.9 Å². The normalized spacial score (nSPS) is 24.8. The molecule has 29 heavy (non-hydrogen) atoms. The van der Waals surface area contributed by atoms with E-state index in [0.29, 0.717) is 17.7 Å². The van der Waals surface area contributed by atoms with Crippen LogP contribution in [-0.4, -0.2) is 24.0 Å². The van der Waals surface area contributed by atoms with Crippen LogP contribution in [0.15, 0.2) is 47.6 Å². The van der Waals surface area contributed by atoms with Gasteiger partial charge in [0.05, 0.1) is 5.71 Å². The molecule has 2 N–H and O–H groups in total. The number of aromatic hydroxyl groups is 1. The maximum atomic E-state index is 10.0. The van der Waals surface area contributed by atoms with E-state index in [1.54, 1.807) is 7.11 Å². The zero-order valence-electron chi connectivity index (χ0n) is 17.7. The predicted molar refractivity (Wildman–Crippen MR) is 119 cm³/mol. The van der Waals surface area contributed by atoms with Crippen molar-refractivity contribution in [3.05, 3.63) is 59.2 Å². The number of anilines is 1. The monoisotopic (exact) mass is 392 g/mol. The summed E-state index contributed by atoms with van der Waals surface area (Å²) in [6.45, 7) is 4.32. The molecule has 0 heterocycles. The molecule has 4 rings (SSSR count). The van der Waals surface area contributed by atoms with Crippen LogP contribution in [0.5, 0.6) is 5.75 Å². The number of hydrogen-bond donors (Lipinski definition) is 2. The Balaban J connectivity index is 1.69. The van der Waals surface area contributed by atoms with E-state index in [-0.39, 0.29) is 5.41 Å². The number of nitrogens with one attached hydrogen (secondary N) is 1. The molecule has 0 spiro atoms. The highest BCUT2D eigenvalue weighted by Gasteiger charge is 2.47. The fourth-order valence-electron chi connectivity index (χ4n) is 5.45. The lowest BCUT2D eigenvalue weighted by Gasteiger charge is -2.49. The maximum absolute atomic E-state index is 10.0. The van der Waals surface area contributed by atoms with Crippen molar-refractivity contribution in [3.63, 3.8) is 0 Å². The lowest BCUT2D eigenvalue weighted by Crippen LogP contribution is -2.46. The highest BCUT2D eigenvalue weighted by Crippen LogP contribution is 2.52. The van der Waals surface area contributed by atoms with Crippen LogP contribution in [0.2, 0.25) is 0 Å². The molecule has 2 atom stereocenters. The van der Waals surface area contributed by atoms with E-state index in [4.69, 9.17) is 4.84 Å². The number of phenols is 1. The average molecular weight is 393 g/mol. The van der Waals surface area contributed by atoms with Crippen LogP contribution in [0, 0.1) is 5.92 Å². The van der Waals surface area contributed by atoms with Crippen LogP contribution < -0.4 is 5.32 Å². The number of oxime groups is 1. The fraction of sp³-hybridized carbons (Fsp3) is 0.480. The third-order valence-corrected chi connectivity index (χ3v) is 6.66. The van der Waals surface area contributed by atoms with Gasteiger partial charge in [0.25, 0.3) is 0 Å². The zero-order valence-corrected chi connectivity index (χ0v) is 17.7. The summed E-state index contributed by atoms with van der Waals surface area (Å²) in [5.41, 5.74) is 6.56. The molecule has 2 aliphatic rings. The molecule has 0 aliphatic heterocycles. The molecule has 1 fully saturated rings. The van der Waals surface area contributed by atoms with Gasteiger partial charge in [0, 0.05) is 17.1 Å². The van der Waals surface area contributed by atoms with E-state index in [9.17, 15) is 5.11 Å². The quantitative estimate of drug-likeness (QED) is 0.666. The summed E-state index contributed by atoms with van der Waals surface area (Å²) in [4.78, 5) is 5.09. The van der Waals surface area contributed by atoms with Gasteiger partial charge in [-0.05, 0) is 99.2 Å². The standard InChI is InChI=1S/C25H32N2O2/c1-17(2)26-21-8-4-18(5-9-21)16-25-13-12-22(27-29-3)15-20(25)7-6-19-14-23(28)10-11-24(19)25/h4-5,8-11,14,17,20,26,28H,6-7,12-13,15-16H2,1-3H3/t20-,25+/m1/s1. The zero-order chi connectivity index (χ0) is 20.4. The van der Waals surface area contributed by atoms with Gasteiger partial charge in [-0.2, -0.15) is 0 Å². The van der Waals surface area contributed by atoms with Crippen LogP contribution in [0.3, 0.4) is 0 Å². The minimum absolute atomic E-state index is 0.0983. The molecule has 2 aliphatic carbocycles. The lowest BCUT2D eigenvalue weighted by molar-refractivity contribution is 0.185. The van der Waals surface area contributed by atoms with Crippen LogP contribution >= 0.6 is 0 Å². The highest BCUT2D eigenvalue weighted by atomic mass is 16.6. The number of phenolic OH excluding ortho intramolecular Hbond substituents is 1. The van der Waals surface area contributed by atoms with Crippen LogP contribution in [0.1, 0.15) is 56.2 Å². The van der Waals surface area contributed by atoms with Gasteiger partial charge in [-0.1, -0.05) is 23.4 Å². The van der Waals surface area contributed by atoms with E-state index < -0.39 is 0 Å². The molecule has 1 saturated carbocycles. The fourth-order valence-corrected chi connectivity index (χ4v) is 5.45. The summed E-state index contributed by atoms with van der Waals surface area (Å²) in [7, 11) is 1.64. The second-order valence-corrected chi connectivity index (χ2v) is 8.95. The molecule has 0 bridgehead atoms. The predicted octanol–water partition coefficient (Wildman–Crippen LogP) is 5.44. The Labute approximate surface area is 174 Å². The van der Waals surface area contributed by atoms with Gasteiger partial charge in [-0.15, -0.1) is 0 Å². The van der Waals surface area contributed by atoms with Gasteiger partial charge in [0.15, 0.2) is 0 Å². The lowest BCUT2D eigenvalue weighted by atomic mass is 9.55. The molecular formula is C25H32N2O2. The molecule has 4 heteroatoms. The third kappa shape index (κ3) is 3.98. The Bertz CT molecular complexity index is 888. The molecule has 154 valence electrons. The van der Waals surface area contributed by atoms with Crippen molar-refractivity contribution < 1.29 is 9.94 Å². The molecule has 0 unspecified atom stereocenters. The molecule has 0 saturated heterocycles. The van der Waals surface area contributed by atoms with E-state index in [1.165, 1.54) is 28.1 Å². The first-order valence-corrected chi connectivity index (χ1v) is 10.8. The Morgan fingerprint density at radius 1 is 1.17 bits per heavy atom. The van der Waals surface area contributed by atoms with E-state index in [1.807, 2.05) is 12.1 Å². The molecular weight excluding hydrogens is 360 g/mol. The van der Waals surface area contributed by atoms with Crippen molar-refractivity contribution in [3.8, 4) is 5.75 Å². The summed E-state index contributed by atoms with van der Waals surface area (Å²) in [6, 6.07) is 15.4. The number of benzene rings is 2. The van der Waals surface area contributed by atoms with Crippen molar-refractivity contribution >= 4 is 11.4 Å². The van der Waals surface area contributed by atoms with Crippen molar-refractivity contribution in [2.45, 2.75) is 63.8 Å². The van der Waals surface area contributed by atoms with Crippen LogP contribution in [0.25, 0.3) is 0 Å². The molecule has 0 aromatic heterocycles. The van der Waals surface area contributed by atoms with Crippen LogP contribution in [-0.2, 0) is 23.1 Å². The van der Waals surface area contributed by atoms with E-state index >= 15 is 0 Å². The van der Waals surface area contributed by atoms with Crippen LogP contribution in [0.4, 0.5) is 5.69 Å². The Morgan fingerprint density at radius 2 is 1.97 bits per heavy atom. The van der Waals surface area contributed by atoms with Gasteiger partial charge in [-0.3, -0.25) is 0 Å². The summed E-state index contributed by atoms with van der Waals surface area (Å²) in [5.74, 6) is 0.926. The van der Waals surface area contributed by atoms with Crippen molar-refractivity contribution in [2.24, 2.45) is 11.1 Å². The van der Waals surface area contributed by atoms with Crippen molar-refractivity contribution in [1.82, 2.24) is 0 Å². The van der Waals surface area contributed by atoms with Gasteiger partial charge >= 0.3 is 0 Å². The maximum Gasteiger partial charge on any atom is 0.115 e. The molecule has 2 aromatic carbocycles. The van der Waals surface area contributed by atoms with Crippen molar-refractivity contribution in [1.29, 1.82) is 0 Å². The number of nitrogens with zero attached hydrogens (tertiary/aromatic N) is 1. The van der Waals surface area contributed by atoms with Gasteiger partial charge in [-0.25, -0.2) is 0 Å². The van der Waals surface area contributed by atoms with Crippen molar-refractivity contribution in [2.75, 3.05) is 12.4 Å². The number of aryl methyl sites for hydroxylation is 1. The summed E-state index contributed by atoms with van der Waals surface area (Å²) in [6.07, 6.45) is 6.22. The number of rotatable bonds is 5. The van der Waals surface area contributed by atoms with E-state index in [2.05, 4.69) is 54.7 Å². The summed E-state index contributed by atoms with van der Waals surface area (Å²) < 4.78 is 0. The number of fused-ring (bicyclic) bond motifs is 3. The molecule has 4 nitrogen and oxygen atoms in total. The molecule has 2 aromatic rings. The minimum Gasteiger partial charge on any atom is -0.508 e. The summed E-state index contributed by atoms with van der Waals surface area (Å²) in [5, 5.41) is 17.8. The second kappa shape index (κ2) is 8.10. The Morgan fingerprint density at radius 3 is 2.69 bits per heavy atom. The Kier molecular flexibility index (Phi) is 5.53. The first-order chi connectivity index (χ1) is 14.0. The average Bonchev–Trinajstić information content (AvgIpc) is 2.69. The largest absolute Gasteiger partial charge is 0.508 e. The first kappa shape index (κ1) is 19.8. The smallest absolute Gasteiger partial charge is 0.115 e. The SMILES string of the molecule is CON=C1CC[C@@]2(Cc3ccc(NC(C)C)cc3)c3ccc(O)cc3CC[C@@H]2C1. The Hall–Kier alpha value is -2.49. The summed E-state index contributed by atoms with van der Waals surface area (Å²) >= 11 is 0.